The van der Waals surface area contributed by atoms with Crippen LogP contribution >= 0.6 is 0 Å². The molecule has 3 N–H and O–H groups in total. The summed E-state index contributed by atoms with van der Waals surface area (Å²) in [6.07, 6.45) is -3.23. The second-order valence-electron chi connectivity index (χ2n) is 4.65. The minimum absolute atomic E-state index is 0.330. The highest BCUT2D eigenvalue weighted by atomic mass is 19.4. The highest BCUT2D eigenvalue weighted by Crippen LogP contribution is 2.30. The van der Waals surface area contributed by atoms with Gasteiger partial charge in [0.25, 0.3) is 0 Å². The Kier molecular flexibility index (Phi) is 4.98. The van der Waals surface area contributed by atoms with E-state index < -0.39 is 24.0 Å². The molecule has 106 valence electrons. The minimum Gasteiger partial charge on any atom is -0.378 e. The zero-order valence-electron chi connectivity index (χ0n) is 10.3. The number of hydrogen-bond acceptors (Lipinski definition) is 3. The first-order valence-corrected chi connectivity index (χ1v) is 5.96. The molecule has 7 heteroatoms. The van der Waals surface area contributed by atoms with E-state index in [1.165, 1.54) is 0 Å². The smallest absolute Gasteiger partial charge is 0.378 e. The number of rotatable bonds is 5. The van der Waals surface area contributed by atoms with E-state index in [0.717, 1.165) is 0 Å². The van der Waals surface area contributed by atoms with Crippen molar-refractivity contribution < 1.29 is 22.7 Å². The lowest BCUT2D eigenvalue weighted by Gasteiger charge is -2.38. The summed E-state index contributed by atoms with van der Waals surface area (Å²) in [7, 11) is 1.63. The number of nitrogens with two attached hydrogens (primary N) is 1. The van der Waals surface area contributed by atoms with Gasteiger partial charge in [-0.2, -0.15) is 13.2 Å². The van der Waals surface area contributed by atoms with Crippen LogP contribution in [0.4, 0.5) is 13.2 Å². The van der Waals surface area contributed by atoms with Crippen LogP contribution in [0.25, 0.3) is 0 Å². The van der Waals surface area contributed by atoms with Gasteiger partial charge in [-0.3, -0.25) is 4.79 Å². The van der Waals surface area contributed by atoms with E-state index in [1.807, 2.05) is 0 Å². The number of amides is 1. The molecule has 18 heavy (non-hydrogen) atoms. The molecule has 2 atom stereocenters. The van der Waals surface area contributed by atoms with E-state index in [0.29, 0.717) is 25.7 Å². The first-order chi connectivity index (χ1) is 8.29. The van der Waals surface area contributed by atoms with Crippen LogP contribution in [0.3, 0.4) is 0 Å². The van der Waals surface area contributed by atoms with Crippen LogP contribution in [0.2, 0.25) is 0 Å². The predicted octanol–water partition coefficient (Wildman–Crippen LogP) is 1.34. The number of alkyl halides is 3. The van der Waals surface area contributed by atoms with Crippen LogP contribution in [0.5, 0.6) is 0 Å². The molecule has 4 nitrogen and oxygen atoms in total. The number of primary amides is 1. The summed E-state index contributed by atoms with van der Waals surface area (Å²) in [6, 6.07) is 0. The fraction of sp³-hybridized carbons (Fsp3) is 0.909. The Hall–Kier alpha value is -0.820. The summed E-state index contributed by atoms with van der Waals surface area (Å²) >= 11 is 0. The molecule has 2 unspecified atom stereocenters. The van der Waals surface area contributed by atoms with Crippen LogP contribution in [0.15, 0.2) is 0 Å². The van der Waals surface area contributed by atoms with Gasteiger partial charge in [0.05, 0.1) is 24.7 Å². The number of nitrogens with one attached hydrogen (secondary N) is 1. The summed E-state index contributed by atoms with van der Waals surface area (Å²) in [6.45, 7) is -0.368. The lowest BCUT2D eigenvalue weighted by Crippen LogP contribution is -2.57. The van der Waals surface area contributed by atoms with Crippen molar-refractivity contribution in [3.8, 4) is 0 Å². The monoisotopic (exact) mass is 268 g/mol. The lowest BCUT2D eigenvalue weighted by molar-refractivity contribution is -0.152. The minimum atomic E-state index is -4.21. The van der Waals surface area contributed by atoms with Crippen molar-refractivity contribution in [2.45, 2.75) is 49.9 Å². The molecule has 1 aliphatic rings. The molecule has 1 amide bonds. The molecule has 0 bridgehead atoms. The van der Waals surface area contributed by atoms with Crippen molar-refractivity contribution in [2.75, 3.05) is 13.7 Å². The quantitative estimate of drug-likeness (QED) is 0.791. The van der Waals surface area contributed by atoms with Gasteiger partial charge in [-0.15, -0.1) is 0 Å². The average Bonchev–Trinajstić information content (AvgIpc) is 2.27. The Bertz CT molecular complexity index is 297. The van der Waals surface area contributed by atoms with E-state index in [-0.39, 0.29) is 12.7 Å². The first-order valence-electron chi connectivity index (χ1n) is 5.96. The van der Waals surface area contributed by atoms with Crippen molar-refractivity contribution in [2.24, 2.45) is 5.73 Å². The highest BCUT2D eigenvalue weighted by Gasteiger charge is 2.40. The maximum atomic E-state index is 12.0. The van der Waals surface area contributed by atoms with E-state index in [4.69, 9.17) is 10.5 Å². The normalized spacial score (nSPS) is 29.2. The summed E-state index contributed by atoms with van der Waals surface area (Å²) < 4.78 is 41.2. The topological polar surface area (TPSA) is 64.3 Å². The molecule has 0 heterocycles. The number of halogens is 3. The number of hydrogen-bond donors (Lipinski definition) is 2. The second kappa shape index (κ2) is 5.88. The predicted molar refractivity (Wildman–Crippen MR) is 59.9 cm³/mol. The molecule has 0 spiro atoms. The standard InChI is InChI=1S/C11H19F3N2O2/c1-16-10(9(15)17)4-2-3-8(7-10)18-6-5-11(12,13)14/h8,16H,2-7H2,1H3,(H2,15,17). The molecule has 0 radical (unpaired) electrons. The summed E-state index contributed by atoms with van der Waals surface area (Å²) in [5, 5.41) is 2.88. The molecule has 0 aromatic carbocycles. The van der Waals surface area contributed by atoms with Gasteiger partial charge in [-0.05, 0) is 26.3 Å². The molecule has 0 saturated heterocycles. The molecule has 1 fully saturated rings. The van der Waals surface area contributed by atoms with Crippen LogP contribution in [0.1, 0.15) is 32.1 Å². The molecule has 0 aromatic rings. The molecule has 0 aromatic heterocycles. The summed E-state index contributed by atoms with van der Waals surface area (Å²) in [4.78, 5) is 11.4. The largest absolute Gasteiger partial charge is 0.391 e. The Labute approximate surface area is 104 Å². The van der Waals surface area contributed by atoms with Crippen LogP contribution in [0, 0.1) is 0 Å². The third-order valence-electron chi connectivity index (χ3n) is 3.40. The highest BCUT2D eigenvalue weighted by molar-refractivity contribution is 5.84. The van der Waals surface area contributed by atoms with Crippen LogP contribution < -0.4 is 11.1 Å². The summed E-state index contributed by atoms with van der Waals surface area (Å²) in [5.74, 6) is -0.478. The van der Waals surface area contributed by atoms with Gasteiger partial charge in [-0.25, -0.2) is 0 Å². The number of likely N-dealkylation sites (N-methyl/N-ethyl adjacent to an activating group) is 1. The van der Waals surface area contributed by atoms with Gasteiger partial charge < -0.3 is 15.8 Å². The first kappa shape index (κ1) is 15.2. The van der Waals surface area contributed by atoms with Crippen molar-refractivity contribution in [3.63, 3.8) is 0 Å². The van der Waals surface area contributed by atoms with E-state index in [1.54, 1.807) is 7.05 Å². The number of carbonyl (C=O) groups is 1. The van der Waals surface area contributed by atoms with E-state index in [9.17, 15) is 18.0 Å². The van der Waals surface area contributed by atoms with Gasteiger partial charge in [0.1, 0.15) is 0 Å². The fourth-order valence-electron chi connectivity index (χ4n) is 2.28. The molecule has 0 aliphatic heterocycles. The van der Waals surface area contributed by atoms with Crippen molar-refractivity contribution in [3.05, 3.63) is 0 Å². The van der Waals surface area contributed by atoms with Gasteiger partial charge in [0.2, 0.25) is 5.91 Å². The van der Waals surface area contributed by atoms with Crippen molar-refractivity contribution >= 4 is 5.91 Å². The lowest BCUT2D eigenvalue weighted by atomic mass is 9.79. The average molecular weight is 268 g/mol. The number of ether oxygens (including phenoxy) is 1. The summed E-state index contributed by atoms with van der Waals surface area (Å²) in [5.41, 5.74) is 4.49. The molecule has 1 rings (SSSR count). The van der Waals surface area contributed by atoms with Gasteiger partial charge in [-0.1, -0.05) is 0 Å². The number of carbonyl (C=O) groups excluding carboxylic acids is 1. The molecular weight excluding hydrogens is 249 g/mol. The Morgan fingerprint density at radius 1 is 1.56 bits per heavy atom. The Morgan fingerprint density at radius 2 is 2.22 bits per heavy atom. The maximum Gasteiger partial charge on any atom is 0.391 e. The van der Waals surface area contributed by atoms with Gasteiger partial charge in [0, 0.05) is 6.42 Å². The Morgan fingerprint density at radius 3 is 2.72 bits per heavy atom. The van der Waals surface area contributed by atoms with Crippen molar-refractivity contribution in [1.29, 1.82) is 0 Å². The SMILES string of the molecule is CNC1(C(N)=O)CCCC(OCCC(F)(F)F)C1. The van der Waals surface area contributed by atoms with Crippen LogP contribution in [-0.2, 0) is 9.53 Å². The van der Waals surface area contributed by atoms with Crippen molar-refractivity contribution in [1.82, 2.24) is 5.32 Å². The van der Waals surface area contributed by atoms with E-state index in [2.05, 4.69) is 5.32 Å². The maximum absolute atomic E-state index is 12.0. The zero-order valence-corrected chi connectivity index (χ0v) is 10.3. The molecule has 1 aliphatic carbocycles. The third kappa shape index (κ3) is 4.13. The fourth-order valence-corrected chi connectivity index (χ4v) is 2.28. The zero-order chi connectivity index (χ0) is 13.8. The van der Waals surface area contributed by atoms with E-state index >= 15 is 0 Å². The van der Waals surface area contributed by atoms with Gasteiger partial charge in [0.15, 0.2) is 0 Å². The third-order valence-corrected chi connectivity index (χ3v) is 3.40. The second-order valence-corrected chi connectivity index (χ2v) is 4.65. The Balaban J connectivity index is 2.46. The van der Waals surface area contributed by atoms with Crippen LogP contribution in [-0.4, -0.2) is 37.4 Å². The van der Waals surface area contributed by atoms with Gasteiger partial charge >= 0.3 is 6.18 Å². The molecular formula is C11H19F3N2O2. The molecule has 1 saturated carbocycles.